The molecule has 2 heterocycles. The van der Waals surface area contributed by atoms with Crippen LogP contribution in [0.5, 0.6) is 0 Å². The molecule has 0 unspecified atom stereocenters. The number of aromatic amines is 1. The lowest BCUT2D eigenvalue weighted by atomic mass is 10.1. The first-order valence-corrected chi connectivity index (χ1v) is 7.97. The van der Waals surface area contributed by atoms with Crippen LogP contribution in [-0.4, -0.2) is 21.8 Å². The number of hydrogen-bond donors (Lipinski definition) is 1. The molecule has 0 atom stereocenters. The van der Waals surface area contributed by atoms with E-state index < -0.39 is 0 Å². The number of imidazole rings is 1. The van der Waals surface area contributed by atoms with E-state index in [1.54, 1.807) is 36.7 Å². The number of H-pyrrole nitrogens is 1. The van der Waals surface area contributed by atoms with E-state index in [4.69, 9.17) is 0 Å². The normalized spacial score (nSPS) is 14.0. The number of carbonyl (C=O) groups excluding carboxylic acids is 2. The van der Waals surface area contributed by atoms with Crippen molar-refractivity contribution in [2.75, 3.05) is 4.90 Å². The molecular formula is C15H7Br2N3O2. The summed E-state index contributed by atoms with van der Waals surface area (Å²) in [6.45, 7) is 0. The number of halogens is 2. The lowest BCUT2D eigenvalue weighted by Crippen LogP contribution is -2.30. The Labute approximate surface area is 141 Å². The van der Waals surface area contributed by atoms with Gasteiger partial charge in [0.05, 0.1) is 33.1 Å². The number of carbonyl (C=O) groups is 2. The van der Waals surface area contributed by atoms with Crippen LogP contribution in [0.15, 0.2) is 45.6 Å². The van der Waals surface area contributed by atoms with Crippen molar-refractivity contribution >= 4 is 60.4 Å². The minimum atomic E-state index is -0.336. The lowest BCUT2D eigenvalue weighted by Gasteiger charge is -2.17. The highest BCUT2D eigenvalue weighted by Crippen LogP contribution is 2.42. The zero-order valence-corrected chi connectivity index (χ0v) is 14.1. The van der Waals surface area contributed by atoms with E-state index in [9.17, 15) is 9.59 Å². The van der Waals surface area contributed by atoms with Gasteiger partial charge >= 0.3 is 0 Å². The Morgan fingerprint density at radius 1 is 1.05 bits per heavy atom. The SMILES string of the molecule is O=C1c2ccccc2C(=O)N1c1c(Br)cc2[nH]cnc2c1Br. The second-order valence-electron chi connectivity index (χ2n) is 4.81. The fraction of sp³-hybridized carbons (Fsp3) is 0. The number of aromatic nitrogens is 2. The van der Waals surface area contributed by atoms with Crippen LogP contribution < -0.4 is 4.90 Å². The molecule has 1 aliphatic rings. The molecule has 22 heavy (non-hydrogen) atoms. The first kappa shape index (κ1) is 13.7. The third-order valence-corrected chi connectivity index (χ3v) is 4.96. The van der Waals surface area contributed by atoms with Crippen LogP contribution in [0, 0.1) is 0 Å². The summed E-state index contributed by atoms with van der Waals surface area (Å²) in [6.07, 6.45) is 1.56. The molecule has 0 saturated heterocycles. The Balaban J connectivity index is 1.98. The Bertz CT molecular complexity index is 930. The lowest BCUT2D eigenvalue weighted by molar-refractivity contribution is 0.0926. The van der Waals surface area contributed by atoms with Gasteiger partial charge in [0.25, 0.3) is 11.8 Å². The molecule has 0 fully saturated rings. The van der Waals surface area contributed by atoms with Crippen LogP contribution >= 0.6 is 31.9 Å². The van der Waals surface area contributed by atoms with Crippen molar-refractivity contribution in [1.29, 1.82) is 0 Å². The highest BCUT2D eigenvalue weighted by molar-refractivity contribution is 9.11. The maximum Gasteiger partial charge on any atom is 0.266 e. The summed E-state index contributed by atoms with van der Waals surface area (Å²) in [6, 6.07) is 8.60. The maximum absolute atomic E-state index is 12.6. The summed E-state index contributed by atoms with van der Waals surface area (Å²) in [4.78, 5) is 33.6. The average molecular weight is 421 g/mol. The van der Waals surface area contributed by atoms with E-state index in [0.717, 1.165) is 5.52 Å². The van der Waals surface area contributed by atoms with Crippen molar-refractivity contribution in [3.8, 4) is 0 Å². The van der Waals surface area contributed by atoms with E-state index in [-0.39, 0.29) is 11.8 Å². The molecule has 2 aromatic carbocycles. The molecule has 108 valence electrons. The zero-order chi connectivity index (χ0) is 15.4. The van der Waals surface area contributed by atoms with Crippen LogP contribution in [0.2, 0.25) is 0 Å². The summed E-state index contributed by atoms with van der Waals surface area (Å²) < 4.78 is 1.22. The van der Waals surface area contributed by atoms with Crippen molar-refractivity contribution in [1.82, 2.24) is 9.97 Å². The van der Waals surface area contributed by atoms with Gasteiger partial charge in [0.1, 0.15) is 5.52 Å². The molecule has 5 nitrogen and oxygen atoms in total. The van der Waals surface area contributed by atoms with E-state index in [1.807, 2.05) is 0 Å². The van der Waals surface area contributed by atoms with Crippen LogP contribution in [0.25, 0.3) is 11.0 Å². The highest BCUT2D eigenvalue weighted by Gasteiger charge is 2.38. The number of fused-ring (bicyclic) bond motifs is 2. The second-order valence-corrected chi connectivity index (χ2v) is 6.46. The molecule has 0 saturated carbocycles. The first-order valence-electron chi connectivity index (χ1n) is 6.38. The van der Waals surface area contributed by atoms with Gasteiger partial charge in [-0.15, -0.1) is 0 Å². The summed E-state index contributed by atoms with van der Waals surface area (Å²) >= 11 is 6.90. The quantitative estimate of drug-likeness (QED) is 0.607. The third-order valence-electron chi connectivity index (χ3n) is 3.60. The molecule has 0 spiro atoms. The number of amides is 2. The highest BCUT2D eigenvalue weighted by atomic mass is 79.9. The second kappa shape index (κ2) is 4.76. The molecule has 4 rings (SSSR count). The summed E-state index contributed by atoms with van der Waals surface area (Å²) in [5.41, 5.74) is 2.75. The molecule has 1 aliphatic heterocycles. The molecule has 1 N–H and O–H groups in total. The van der Waals surface area contributed by atoms with Gasteiger partial charge in [-0.2, -0.15) is 0 Å². The molecular weight excluding hydrogens is 414 g/mol. The molecule has 1 aromatic heterocycles. The van der Waals surface area contributed by atoms with Crippen molar-refractivity contribution in [2.24, 2.45) is 0 Å². The molecule has 2 amide bonds. The molecule has 3 aromatic rings. The van der Waals surface area contributed by atoms with Gasteiger partial charge in [0.2, 0.25) is 0 Å². The van der Waals surface area contributed by atoms with Crippen LogP contribution in [0.3, 0.4) is 0 Å². The summed E-state index contributed by atoms with van der Waals surface area (Å²) in [5, 5.41) is 0. The Morgan fingerprint density at radius 2 is 1.68 bits per heavy atom. The molecule has 0 aliphatic carbocycles. The van der Waals surface area contributed by atoms with Crippen LogP contribution in [-0.2, 0) is 0 Å². The van der Waals surface area contributed by atoms with Gasteiger partial charge in [0, 0.05) is 4.47 Å². The standard InChI is InChI=1S/C15H7Br2N3O2/c16-9-5-10-12(19-6-18-10)11(17)13(9)20-14(21)7-3-1-2-4-8(7)15(20)22/h1-6H,(H,18,19). The van der Waals surface area contributed by atoms with E-state index in [2.05, 4.69) is 41.8 Å². The van der Waals surface area contributed by atoms with Crippen molar-refractivity contribution in [2.45, 2.75) is 0 Å². The van der Waals surface area contributed by atoms with E-state index in [0.29, 0.717) is 31.3 Å². The number of rotatable bonds is 1. The third kappa shape index (κ3) is 1.72. The van der Waals surface area contributed by atoms with Gasteiger partial charge < -0.3 is 4.98 Å². The minimum absolute atomic E-state index is 0.336. The van der Waals surface area contributed by atoms with Gasteiger partial charge in [-0.05, 0) is 50.1 Å². The monoisotopic (exact) mass is 419 g/mol. The predicted octanol–water partition coefficient (Wildman–Crippen LogP) is 3.89. The smallest absolute Gasteiger partial charge is 0.266 e. The fourth-order valence-corrected chi connectivity index (χ4v) is 4.18. The number of anilines is 1. The number of imide groups is 1. The first-order chi connectivity index (χ1) is 10.6. The van der Waals surface area contributed by atoms with Crippen molar-refractivity contribution in [3.05, 3.63) is 56.7 Å². The number of benzene rings is 2. The Kier molecular flexibility index (Phi) is 2.95. The van der Waals surface area contributed by atoms with E-state index in [1.165, 1.54) is 4.90 Å². The van der Waals surface area contributed by atoms with Crippen molar-refractivity contribution < 1.29 is 9.59 Å². The summed E-state index contributed by atoms with van der Waals surface area (Å²) in [7, 11) is 0. The van der Waals surface area contributed by atoms with E-state index >= 15 is 0 Å². The van der Waals surface area contributed by atoms with Gasteiger partial charge in [-0.1, -0.05) is 12.1 Å². The molecule has 0 bridgehead atoms. The Morgan fingerprint density at radius 3 is 2.32 bits per heavy atom. The predicted molar refractivity (Wildman–Crippen MR) is 89.1 cm³/mol. The summed E-state index contributed by atoms with van der Waals surface area (Å²) in [5.74, 6) is -0.672. The van der Waals surface area contributed by atoms with Crippen molar-refractivity contribution in [3.63, 3.8) is 0 Å². The number of nitrogens with zero attached hydrogens (tertiary/aromatic N) is 2. The average Bonchev–Trinajstić information content (AvgIpc) is 3.06. The molecule has 0 radical (unpaired) electrons. The van der Waals surface area contributed by atoms with Crippen LogP contribution in [0.4, 0.5) is 5.69 Å². The number of nitrogens with one attached hydrogen (secondary N) is 1. The Hall–Kier alpha value is -1.99. The topological polar surface area (TPSA) is 66.1 Å². The zero-order valence-electron chi connectivity index (χ0n) is 10.9. The fourth-order valence-electron chi connectivity index (χ4n) is 2.60. The van der Waals surface area contributed by atoms with Crippen LogP contribution in [0.1, 0.15) is 20.7 Å². The minimum Gasteiger partial charge on any atom is -0.345 e. The number of hydrogen-bond acceptors (Lipinski definition) is 3. The van der Waals surface area contributed by atoms with Gasteiger partial charge in [-0.25, -0.2) is 9.88 Å². The van der Waals surface area contributed by atoms with Gasteiger partial charge in [-0.3, -0.25) is 9.59 Å². The maximum atomic E-state index is 12.6. The van der Waals surface area contributed by atoms with Gasteiger partial charge in [0.15, 0.2) is 0 Å². The molecule has 7 heteroatoms. The largest absolute Gasteiger partial charge is 0.345 e.